The van der Waals surface area contributed by atoms with E-state index in [9.17, 15) is 14.4 Å². The van der Waals surface area contributed by atoms with Crippen LogP contribution in [0.15, 0.2) is 6.07 Å². The molecular formula is C23H34N6O3. The SMILES string of the molecule is Cc1cc(N2CCN(C(=O)CN3C(=O)NC4(CC(C)CC(C)(C)C4)C3=O)CC2)nc(C)n1. The molecule has 9 heteroatoms. The molecule has 1 N–H and O–H groups in total. The molecule has 4 rings (SSSR count). The van der Waals surface area contributed by atoms with Crippen molar-refractivity contribution in [1.29, 1.82) is 0 Å². The molecular weight excluding hydrogens is 408 g/mol. The summed E-state index contributed by atoms with van der Waals surface area (Å²) in [6.07, 6.45) is 2.25. The number of carbonyl (C=O) groups excluding carboxylic acids is 3. The zero-order valence-electron chi connectivity index (χ0n) is 19.8. The third-order valence-electron chi connectivity index (χ3n) is 6.83. The summed E-state index contributed by atoms with van der Waals surface area (Å²) in [5.74, 6) is 1.49. The Morgan fingerprint density at radius 2 is 1.81 bits per heavy atom. The smallest absolute Gasteiger partial charge is 0.325 e. The van der Waals surface area contributed by atoms with Gasteiger partial charge in [-0.25, -0.2) is 14.8 Å². The fraction of sp³-hybridized carbons (Fsp3) is 0.696. The molecule has 32 heavy (non-hydrogen) atoms. The van der Waals surface area contributed by atoms with Gasteiger partial charge in [0.25, 0.3) is 5.91 Å². The Kier molecular flexibility index (Phi) is 5.63. The lowest BCUT2D eigenvalue weighted by Gasteiger charge is -2.43. The summed E-state index contributed by atoms with van der Waals surface area (Å²) in [6, 6.07) is 1.50. The first-order valence-corrected chi connectivity index (χ1v) is 11.5. The zero-order chi connectivity index (χ0) is 23.3. The number of imide groups is 1. The predicted molar refractivity (Wildman–Crippen MR) is 120 cm³/mol. The quantitative estimate of drug-likeness (QED) is 0.718. The summed E-state index contributed by atoms with van der Waals surface area (Å²) in [6.45, 7) is 12.4. The van der Waals surface area contributed by atoms with Crippen LogP contribution < -0.4 is 10.2 Å². The lowest BCUT2D eigenvalue weighted by molar-refractivity contribution is -0.140. The third kappa shape index (κ3) is 4.29. The van der Waals surface area contributed by atoms with Gasteiger partial charge in [0.1, 0.15) is 23.7 Å². The zero-order valence-corrected chi connectivity index (χ0v) is 19.8. The predicted octanol–water partition coefficient (Wildman–Crippen LogP) is 1.88. The number of hydrogen-bond acceptors (Lipinski definition) is 6. The fourth-order valence-electron chi connectivity index (χ4n) is 5.93. The Hall–Kier alpha value is -2.71. The van der Waals surface area contributed by atoms with E-state index >= 15 is 0 Å². The highest BCUT2D eigenvalue weighted by Gasteiger charge is 2.56. The van der Waals surface area contributed by atoms with Crippen molar-refractivity contribution in [2.24, 2.45) is 11.3 Å². The Morgan fingerprint density at radius 1 is 1.12 bits per heavy atom. The van der Waals surface area contributed by atoms with Gasteiger partial charge in [-0.2, -0.15) is 0 Å². The van der Waals surface area contributed by atoms with E-state index in [1.165, 1.54) is 0 Å². The Balaban J connectivity index is 1.38. The first-order chi connectivity index (χ1) is 15.0. The molecule has 174 valence electrons. The number of aryl methyl sites for hydroxylation is 2. The molecule has 3 aliphatic rings. The molecule has 1 aromatic heterocycles. The second-order valence-electron chi connectivity index (χ2n) is 10.5. The third-order valence-corrected chi connectivity index (χ3v) is 6.83. The molecule has 2 aliphatic heterocycles. The molecule has 1 aliphatic carbocycles. The van der Waals surface area contributed by atoms with Crippen molar-refractivity contribution in [2.75, 3.05) is 37.6 Å². The summed E-state index contributed by atoms with van der Waals surface area (Å²) in [5, 5.41) is 2.95. The van der Waals surface area contributed by atoms with Crippen molar-refractivity contribution in [1.82, 2.24) is 25.1 Å². The van der Waals surface area contributed by atoms with Gasteiger partial charge >= 0.3 is 6.03 Å². The van der Waals surface area contributed by atoms with E-state index in [1.54, 1.807) is 4.90 Å². The molecule has 1 aromatic rings. The molecule has 2 saturated heterocycles. The lowest BCUT2D eigenvalue weighted by Crippen LogP contribution is -2.55. The molecule has 1 spiro atoms. The number of nitrogens with one attached hydrogen (secondary N) is 1. The minimum Gasteiger partial charge on any atom is -0.353 e. The van der Waals surface area contributed by atoms with Gasteiger partial charge < -0.3 is 15.1 Å². The van der Waals surface area contributed by atoms with E-state index in [2.05, 4.69) is 41.0 Å². The van der Waals surface area contributed by atoms with Crippen molar-refractivity contribution >= 4 is 23.7 Å². The van der Waals surface area contributed by atoms with Crippen LogP contribution >= 0.6 is 0 Å². The number of urea groups is 1. The number of anilines is 1. The van der Waals surface area contributed by atoms with Gasteiger partial charge in [-0.15, -0.1) is 0 Å². The number of amides is 4. The Bertz CT molecular complexity index is 919. The Morgan fingerprint density at radius 3 is 2.44 bits per heavy atom. The highest BCUT2D eigenvalue weighted by molar-refractivity contribution is 6.09. The number of nitrogens with zero attached hydrogens (tertiary/aromatic N) is 5. The van der Waals surface area contributed by atoms with Gasteiger partial charge in [0.05, 0.1) is 0 Å². The van der Waals surface area contributed by atoms with E-state index in [1.807, 2.05) is 19.9 Å². The monoisotopic (exact) mass is 442 g/mol. The van der Waals surface area contributed by atoms with E-state index in [0.29, 0.717) is 44.9 Å². The number of piperazine rings is 1. The van der Waals surface area contributed by atoms with Crippen molar-refractivity contribution < 1.29 is 14.4 Å². The molecule has 2 unspecified atom stereocenters. The highest BCUT2D eigenvalue weighted by atomic mass is 16.2. The second kappa shape index (κ2) is 8.01. The summed E-state index contributed by atoms with van der Waals surface area (Å²) >= 11 is 0. The first-order valence-electron chi connectivity index (χ1n) is 11.5. The van der Waals surface area contributed by atoms with Gasteiger partial charge in [-0.3, -0.25) is 14.5 Å². The first kappa shape index (κ1) is 22.5. The molecule has 0 bridgehead atoms. The molecule has 3 fully saturated rings. The number of carbonyl (C=O) groups is 3. The number of hydrogen-bond donors (Lipinski definition) is 1. The summed E-state index contributed by atoms with van der Waals surface area (Å²) < 4.78 is 0. The van der Waals surface area contributed by atoms with Crippen LogP contribution in [0.2, 0.25) is 0 Å². The van der Waals surface area contributed by atoms with Crippen LogP contribution in [0.1, 0.15) is 51.6 Å². The average Bonchev–Trinajstić information content (AvgIpc) is 2.89. The van der Waals surface area contributed by atoms with Crippen LogP contribution in [0.25, 0.3) is 0 Å². The van der Waals surface area contributed by atoms with Crippen molar-refractivity contribution in [3.63, 3.8) is 0 Å². The summed E-state index contributed by atoms with van der Waals surface area (Å²) in [5.41, 5.74) is 0.00735. The minimum absolute atomic E-state index is 0.0331. The standard InChI is InChI=1S/C23H34N6O3/c1-15-11-22(4,5)14-23(12-15)20(31)29(21(32)26-23)13-19(30)28-8-6-27(7-9-28)18-10-16(2)24-17(3)25-18/h10,15H,6-9,11-14H2,1-5H3,(H,26,32). The molecule has 0 radical (unpaired) electrons. The molecule has 4 amide bonds. The maximum atomic E-state index is 13.3. The maximum Gasteiger partial charge on any atom is 0.325 e. The van der Waals surface area contributed by atoms with Crippen LogP contribution in [-0.2, 0) is 9.59 Å². The van der Waals surface area contributed by atoms with Crippen LogP contribution in [-0.4, -0.2) is 75.9 Å². The van der Waals surface area contributed by atoms with Gasteiger partial charge in [0, 0.05) is 37.9 Å². The molecule has 2 atom stereocenters. The van der Waals surface area contributed by atoms with Crippen LogP contribution in [0.5, 0.6) is 0 Å². The van der Waals surface area contributed by atoms with Crippen LogP contribution in [0, 0.1) is 25.2 Å². The minimum atomic E-state index is -0.875. The second-order valence-corrected chi connectivity index (χ2v) is 10.5. The van der Waals surface area contributed by atoms with E-state index in [4.69, 9.17) is 0 Å². The average molecular weight is 443 g/mol. The van der Waals surface area contributed by atoms with Gasteiger partial charge in [-0.05, 0) is 44.4 Å². The van der Waals surface area contributed by atoms with Gasteiger partial charge in [0.15, 0.2) is 0 Å². The molecule has 3 heterocycles. The normalized spacial score (nSPS) is 27.8. The fourth-order valence-corrected chi connectivity index (χ4v) is 5.93. The Labute approximate surface area is 189 Å². The van der Waals surface area contributed by atoms with Crippen LogP contribution in [0.4, 0.5) is 10.6 Å². The molecule has 1 saturated carbocycles. The lowest BCUT2D eigenvalue weighted by atomic mass is 9.64. The van der Waals surface area contributed by atoms with Crippen molar-refractivity contribution in [3.05, 3.63) is 17.6 Å². The van der Waals surface area contributed by atoms with Gasteiger partial charge in [0.2, 0.25) is 5.91 Å². The van der Waals surface area contributed by atoms with E-state index < -0.39 is 11.6 Å². The largest absolute Gasteiger partial charge is 0.353 e. The summed E-state index contributed by atoms with van der Waals surface area (Å²) in [4.78, 5) is 52.8. The number of aromatic nitrogens is 2. The highest BCUT2D eigenvalue weighted by Crippen LogP contribution is 2.46. The topological polar surface area (TPSA) is 98.7 Å². The van der Waals surface area contributed by atoms with E-state index in [-0.39, 0.29) is 23.8 Å². The van der Waals surface area contributed by atoms with E-state index in [0.717, 1.165) is 28.7 Å². The van der Waals surface area contributed by atoms with Gasteiger partial charge in [-0.1, -0.05) is 20.8 Å². The molecule has 0 aromatic carbocycles. The van der Waals surface area contributed by atoms with Crippen LogP contribution in [0.3, 0.4) is 0 Å². The number of rotatable bonds is 3. The maximum absolute atomic E-state index is 13.3. The van der Waals surface area contributed by atoms with Crippen molar-refractivity contribution in [3.8, 4) is 0 Å². The molecule has 9 nitrogen and oxygen atoms in total. The summed E-state index contributed by atoms with van der Waals surface area (Å²) in [7, 11) is 0. The van der Waals surface area contributed by atoms with Crippen molar-refractivity contribution in [2.45, 2.75) is 59.4 Å².